The Morgan fingerprint density at radius 2 is 1.95 bits per heavy atom. The van der Waals surface area contributed by atoms with E-state index in [0.717, 1.165) is 23.5 Å². The van der Waals surface area contributed by atoms with E-state index in [0.29, 0.717) is 0 Å². The Kier molecular flexibility index (Phi) is 4.36. The topological polar surface area (TPSA) is 72.0 Å². The molecule has 0 radical (unpaired) electrons. The van der Waals surface area contributed by atoms with Crippen molar-refractivity contribution in [2.24, 2.45) is 0 Å². The molecular formula is C12H15N3O2S3. The highest BCUT2D eigenvalue weighted by Crippen LogP contribution is 2.21. The second-order valence-corrected chi connectivity index (χ2v) is 8.66. The van der Waals surface area contributed by atoms with E-state index in [9.17, 15) is 8.42 Å². The molecule has 2 rings (SSSR count). The van der Waals surface area contributed by atoms with Gasteiger partial charge in [-0.1, -0.05) is 26.0 Å². The van der Waals surface area contributed by atoms with Crippen LogP contribution in [0, 0.1) is 0 Å². The summed E-state index contributed by atoms with van der Waals surface area (Å²) in [7, 11) is -3.60. The van der Waals surface area contributed by atoms with Crippen LogP contribution in [0.4, 0.5) is 5.13 Å². The minimum Gasteiger partial charge on any atom is -0.253 e. The molecule has 1 heterocycles. The molecule has 0 atom stereocenters. The summed E-state index contributed by atoms with van der Waals surface area (Å²) in [6.45, 7) is 4.02. The smallest absolute Gasteiger partial charge is 0.253 e. The third-order valence-corrected chi connectivity index (χ3v) is 4.68. The van der Waals surface area contributed by atoms with Crippen LogP contribution in [0.2, 0.25) is 0 Å². The Balaban J connectivity index is 2.17. The molecule has 0 fully saturated rings. The van der Waals surface area contributed by atoms with Gasteiger partial charge in [-0.3, -0.25) is 4.72 Å². The summed E-state index contributed by atoms with van der Waals surface area (Å²) < 4.78 is 30.2. The van der Waals surface area contributed by atoms with Crippen LogP contribution in [0.15, 0.2) is 35.5 Å². The largest absolute Gasteiger partial charge is 0.263 e. The highest BCUT2D eigenvalue weighted by molar-refractivity contribution is 7.93. The molecule has 0 saturated heterocycles. The van der Waals surface area contributed by atoms with Crippen molar-refractivity contribution in [2.45, 2.75) is 29.9 Å². The summed E-state index contributed by atoms with van der Waals surface area (Å²) in [6, 6.07) is 6.76. The zero-order chi connectivity index (χ0) is 14.8. The third kappa shape index (κ3) is 4.19. The van der Waals surface area contributed by atoms with Gasteiger partial charge in [0.1, 0.15) is 6.33 Å². The molecule has 8 heteroatoms. The summed E-state index contributed by atoms with van der Waals surface area (Å²) in [4.78, 5) is 4.00. The molecule has 1 N–H and O–H groups in total. The van der Waals surface area contributed by atoms with E-state index < -0.39 is 10.0 Å². The van der Waals surface area contributed by atoms with Crippen LogP contribution in [0.3, 0.4) is 0 Å². The van der Waals surface area contributed by atoms with Crippen molar-refractivity contribution in [3.05, 3.63) is 36.2 Å². The standard InChI is InChI=1S/C12H15N3O2S3/c1-12(2,18)7-9-3-5-10(6-4-9)20(16,17)15-11-13-8-14-19-11/h3-6,8,18H,7H2,1-2H3,(H,13,14,15). The summed E-state index contributed by atoms with van der Waals surface area (Å²) in [6.07, 6.45) is 2.07. The molecule has 0 aliphatic rings. The van der Waals surface area contributed by atoms with Crippen LogP contribution in [0.25, 0.3) is 0 Å². The number of nitrogens with one attached hydrogen (secondary N) is 1. The lowest BCUT2D eigenvalue weighted by molar-refractivity contribution is 0.601. The number of hydrogen-bond donors (Lipinski definition) is 2. The molecular weight excluding hydrogens is 314 g/mol. The number of rotatable bonds is 5. The Hall–Kier alpha value is -1.12. The quantitative estimate of drug-likeness (QED) is 0.827. The number of aromatic nitrogens is 2. The minimum absolute atomic E-state index is 0.134. The van der Waals surface area contributed by atoms with Gasteiger partial charge < -0.3 is 0 Å². The fourth-order valence-corrected chi connectivity index (χ4v) is 3.52. The predicted molar refractivity (Wildman–Crippen MR) is 83.9 cm³/mol. The second kappa shape index (κ2) is 5.71. The molecule has 20 heavy (non-hydrogen) atoms. The molecule has 0 unspecified atom stereocenters. The molecule has 5 nitrogen and oxygen atoms in total. The third-order valence-electron chi connectivity index (χ3n) is 2.45. The lowest BCUT2D eigenvalue weighted by atomic mass is 10.0. The number of sulfonamides is 1. The van der Waals surface area contributed by atoms with Crippen molar-refractivity contribution in [2.75, 3.05) is 4.72 Å². The SMILES string of the molecule is CC(C)(S)Cc1ccc(S(=O)(=O)Nc2ncns2)cc1. The first kappa shape index (κ1) is 15.3. The first-order valence-corrected chi connectivity index (χ1v) is 8.57. The van der Waals surface area contributed by atoms with E-state index in [2.05, 4.69) is 26.7 Å². The van der Waals surface area contributed by atoms with Crippen LogP contribution < -0.4 is 4.72 Å². The Morgan fingerprint density at radius 3 is 2.45 bits per heavy atom. The molecule has 0 saturated carbocycles. The number of hydrogen-bond acceptors (Lipinski definition) is 6. The van der Waals surface area contributed by atoms with Gasteiger partial charge in [0.2, 0.25) is 5.13 Å². The predicted octanol–water partition coefficient (Wildman–Crippen LogP) is 2.59. The molecule has 1 aromatic heterocycles. The lowest BCUT2D eigenvalue weighted by Gasteiger charge is -2.17. The van der Waals surface area contributed by atoms with Gasteiger partial charge in [-0.2, -0.15) is 17.0 Å². The van der Waals surface area contributed by atoms with Crippen LogP contribution in [-0.2, 0) is 16.4 Å². The van der Waals surface area contributed by atoms with Crippen LogP contribution in [0.5, 0.6) is 0 Å². The number of anilines is 1. The lowest BCUT2D eigenvalue weighted by Crippen LogP contribution is -2.15. The van der Waals surface area contributed by atoms with Crippen LogP contribution >= 0.6 is 24.2 Å². The summed E-state index contributed by atoms with van der Waals surface area (Å²) in [5.74, 6) is 0. The fraction of sp³-hybridized carbons (Fsp3) is 0.333. The first-order chi connectivity index (χ1) is 9.26. The zero-order valence-corrected chi connectivity index (χ0v) is 13.6. The van der Waals surface area contributed by atoms with E-state index in [1.54, 1.807) is 24.3 Å². The summed E-state index contributed by atoms with van der Waals surface area (Å²) >= 11 is 5.46. The maximum Gasteiger partial charge on any atom is 0.263 e. The highest BCUT2D eigenvalue weighted by atomic mass is 32.2. The molecule has 108 valence electrons. The maximum absolute atomic E-state index is 12.1. The second-order valence-electron chi connectivity index (χ2n) is 4.99. The van der Waals surface area contributed by atoms with E-state index in [4.69, 9.17) is 0 Å². The van der Waals surface area contributed by atoms with Gasteiger partial charge in [0.05, 0.1) is 4.90 Å². The summed E-state index contributed by atoms with van der Waals surface area (Å²) in [5, 5.41) is 0.255. The van der Waals surface area contributed by atoms with Gasteiger partial charge in [-0.25, -0.2) is 13.4 Å². The van der Waals surface area contributed by atoms with Crippen molar-refractivity contribution in [3.63, 3.8) is 0 Å². The average Bonchev–Trinajstić information content (AvgIpc) is 2.79. The zero-order valence-electron chi connectivity index (χ0n) is 11.1. The van der Waals surface area contributed by atoms with Crippen molar-refractivity contribution in [3.8, 4) is 0 Å². The van der Waals surface area contributed by atoms with Gasteiger partial charge in [0.25, 0.3) is 10.0 Å². The number of benzene rings is 1. The van der Waals surface area contributed by atoms with Crippen molar-refractivity contribution in [1.82, 2.24) is 9.36 Å². The van der Waals surface area contributed by atoms with E-state index in [1.165, 1.54) is 6.33 Å². The van der Waals surface area contributed by atoms with Gasteiger partial charge in [0, 0.05) is 16.3 Å². The molecule has 0 aliphatic carbocycles. The minimum atomic E-state index is -3.60. The molecule has 1 aromatic carbocycles. The normalized spacial score (nSPS) is 12.3. The molecule has 0 spiro atoms. The van der Waals surface area contributed by atoms with Gasteiger partial charge >= 0.3 is 0 Å². The fourth-order valence-electron chi connectivity index (χ4n) is 1.68. The van der Waals surface area contributed by atoms with Gasteiger partial charge in [-0.15, -0.1) is 0 Å². The van der Waals surface area contributed by atoms with Gasteiger partial charge in [-0.05, 0) is 24.1 Å². The average molecular weight is 329 g/mol. The molecule has 0 aliphatic heterocycles. The maximum atomic E-state index is 12.1. The molecule has 2 aromatic rings. The monoisotopic (exact) mass is 329 g/mol. The van der Waals surface area contributed by atoms with Gasteiger partial charge in [0.15, 0.2) is 0 Å². The Morgan fingerprint density at radius 1 is 1.30 bits per heavy atom. The van der Waals surface area contributed by atoms with Crippen molar-refractivity contribution in [1.29, 1.82) is 0 Å². The van der Waals surface area contributed by atoms with Crippen molar-refractivity contribution < 1.29 is 8.42 Å². The van der Waals surface area contributed by atoms with Crippen molar-refractivity contribution >= 4 is 39.3 Å². The van der Waals surface area contributed by atoms with Crippen LogP contribution in [0.1, 0.15) is 19.4 Å². The summed E-state index contributed by atoms with van der Waals surface area (Å²) in [5.41, 5.74) is 1.04. The highest BCUT2D eigenvalue weighted by Gasteiger charge is 2.17. The number of thiol groups is 1. The molecule has 0 amide bonds. The van der Waals surface area contributed by atoms with E-state index in [-0.39, 0.29) is 14.8 Å². The van der Waals surface area contributed by atoms with E-state index >= 15 is 0 Å². The molecule has 0 bridgehead atoms. The Labute approximate surface area is 128 Å². The first-order valence-electron chi connectivity index (χ1n) is 5.87. The van der Waals surface area contributed by atoms with Crippen LogP contribution in [-0.4, -0.2) is 22.5 Å². The number of nitrogens with zero attached hydrogens (tertiary/aromatic N) is 2. The van der Waals surface area contributed by atoms with E-state index in [1.807, 2.05) is 13.8 Å². The Bertz CT molecular complexity index is 659.